The van der Waals surface area contributed by atoms with Gasteiger partial charge in [0, 0.05) is 16.5 Å². The topological polar surface area (TPSA) is 101 Å². The molecule has 0 saturated heterocycles. The van der Waals surface area contributed by atoms with Crippen LogP contribution in [-0.2, 0) is 0 Å². The van der Waals surface area contributed by atoms with E-state index in [4.69, 9.17) is 5.84 Å². The zero-order valence-electron chi connectivity index (χ0n) is 13.9. The number of benzene rings is 2. The van der Waals surface area contributed by atoms with Crippen molar-refractivity contribution >= 4 is 34.8 Å². The van der Waals surface area contributed by atoms with Gasteiger partial charge in [-0.15, -0.1) is 0 Å². The highest BCUT2D eigenvalue weighted by molar-refractivity contribution is 6.38. The lowest BCUT2D eigenvalue weighted by molar-refractivity contribution is 0.112. The molecule has 0 aliphatic carbocycles. The van der Waals surface area contributed by atoms with E-state index in [-0.39, 0.29) is 17.1 Å². The van der Waals surface area contributed by atoms with Gasteiger partial charge in [0.05, 0.1) is 17.5 Å². The van der Waals surface area contributed by atoms with Gasteiger partial charge in [-0.1, -0.05) is 0 Å². The van der Waals surface area contributed by atoms with E-state index in [0.717, 1.165) is 6.29 Å². The highest BCUT2D eigenvalue weighted by atomic mass is 19.1. The molecule has 1 aromatic heterocycles. The number of pyridine rings is 1. The Bertz CT molecular complexity index is 1100. The van der Waals surface area contributed by atoms with Gasteiger partial charge in [-0.3, -0.25) is 14.6 Å². The van der Waals surface area contributed by atoms with Gasteiger partial charge in [-0.2, -0.15) is 5.10 Å². The third-order valence-corrected chi connectivity index (χ3v) is 3.90. The molecule has 1 heterocycles. The highest BCUT2D eigenvalue weighted by Gasteiger charge is 2.10. The van der Waals surface area contributed by atoms with Gasteiger partial charge in [0.1, 0.15) is 17.8 Å². The van der Waals surface area contributed by atoms with Gasteiger partial charge in [0.15, 0.2) is 0 Å². The number of fused-ring (bicyclic) bond motifs is 1. The molecule has 26 heavy (non-hydrogen) atoms. The van der Waals surface area contributed by atoms with E-state index in [1.54, 1.807) is 37.3 Å². The van der Waals surface area contributed by atoms with Crippen LogP contribution in [0.1, 0.15) is 21.5 Å². The minimum atomic E-state index is -0.407. The second-order valence-corrected chi connectivity index (χ2v) is 5.68. The van der Waals surface area contributed by atoms with E-state index in [1.807, 2.05) is 0 Å². The fourth-order valence-corrected chi connectivity index (χ4v) is 2.47. The number of aromatic nitrogens is 1. The molecule has 0 amide bonds. The molecule has 0 saturated carbocycles. The number of carbonyl (C=O) groups excluding carboxylic acids is 1. The van der Waals surface area contributed by atoms with Crippen molar-refractivity contribution in [3.05, 3.63) is 75.3 Å². The Morgan fingerprint density at radius 1 is 1.19 bits per heavy atom. The van der Waals surface area contributed by atoms with Gasteiger partial charge in [0.2, 0.25) is 0 Å². The summed E-state index contributed by atoms with van der Waals surface area (Å²) in [6.45, 7) is 1.62. The summed E-state index contributed by atoms with van der Waals surface area (Å²) in [6.07, 6.45) is 2.08. The van der Waals surface area contributed by atoms with E-state index in [9.17, 15) is 14.0 Å². The molecule has 0 bridgehead atoms. The molecule has 0 fully saturated rings. The molecule has 130 valence electrons. The average Bonchev–Trinajstić information content (AvgIpc) is 2.64. The molecule has 3 rings (SSSR count). The number of hydrogen-bond donors (Lipinski definition) is 2. The predicted molar refractivity (Wildman–Crippen MR) is 100.0 cm³/mol. The Labute approximate surface area is 147 Å². The van der Waals surface area contributed by atoms with Gasteiger partial charge >= 0.3 is 0 Å². The summed E-state index contributed by atoms with van der Waals surface area (Å²) < 4.78 is 13.8. The number of nitrogens with zero attached hydrogens (tertiary/aromatic N) is 2. The van der Waals surface area contributed by atoms with E-state index >= 15 is 0 Å². The van der Waals surface area contributed by atoms with Crippen molar-refractivity contribution in [2.75, 3.05) is 0 Å². The highest BCUT2D eigenvalue weighted by Crippen LogP contribution is 2.17. The molecule has 2 aromatic carbocycles. The third-order valence-electron chi connectivity index (χ3n) is 3.90. The van der Waals surface area contributed by atoms with E-state index in [2.05, 4.69) is 15.1 Å². The number of aryl methyl sites for hydroxylation is 1. The summed E-state index contributed by atoms with van der Waals surface area (Å²) in [7, 11) is 0. The van der Waals surface area contributed by atoms with Crippen molar-refractivity contribution in [1.82, 2.24) is 4.98 Å². The number of aliphatic imine (C=N–C) groups is 1. The average molecular weight is 350 g/mol. The van der Waals surface area contributed by atoms with Crippen LogP contribution in [0.3, 0.4) is 0 Å². The number of aromatic amines is 1. The molecule has 3 N–H and O–H groups in total. The van der Waals surface area contributed by atoms with Gasteiger partial charge in [-0.25, -0.2) is 4.39 Å². The number of rotatable bonds is 4. The number of nitrogens with one attached hydrogen (secondary N) is 1. The SMILES string of the molecule is Cc1cc2[nH]c(=O)c(C(C=Nc3ccc(C=O)cc3)=NN)cc2cc1F. The van der Waals surface area contributed by atoms with Crippen LogP contribution < -0.4 is 11.4 Å². The standard InChI is InChI=1S/C19H15FN4O2/c1-11-6-17-13(8-16(11)20)7-15(19(26)23-17)18(24-21)9-22-14-4-2-12(10-25)3-5-14/h2-10H,21H2,1H3,(H,23,26). The second-order valence-electron chi connectivity index (χ2n) is 5.68. The number of carbonyl (C=O) groups is 1. The monoisotopic (exact) mass is 350 g/mol. The van der Waals surface area contributed by atoms with Crippen LogP contribution in [0.5, 0.6) is 0 Å². The van der Waals surface area contributed by atoms with Gasteiger partial charge < -0.3 is 10.8 Å². The zero-order valence-corrected chi connectivity index (χ0v) is 13.9. The summed E-state index contributed by atoms with van der Waals surface area (Å²) in [5.74, 6) is 5.04. The molecule has 0 spiro atoms. The largest absolute Gasteiger partial charge is 0.323 e. The molecule has 0 aliphatic rings. The Balaban J connectivity index is 2.00. The summed E-state index contributed by atoms with van der Waals surface area (Å²) in [5, 5.41) is 4.13. The van der Waals surface area contributed by atoms with Crippen molar-refractivity contribution in [3.63, 3.8) is 0 Å². The number of hydrogen-bond acceptors (Lipinski definition) is 5. The van der Waals surface area contributed by atoms with Crippen LogP contribution in [0.2, 0.25) is 0 Å². The van der Waals surface area contributed by atoms with Gasteiger partial charge in [0.25, 0.3) is 5.56 Å². The minimum Gasteiger partial charge on any atom is -0.323 e. The second kappa shape index (κ2) is 7.10. The Morgan fingerprint density at radius 2 is 1.92 bits per heavy atom. The molecular weight excluding hydrogens is 335 g/mol. The van der Waals surface area contributed by atoms with Crippen LogP contribution in [0.4, 0.5) is 10.1 Å². The fourth-order valence-electron chi connectivity index (χ4n) is 2.47. The van der Waals surface area contributed by atoms with E-state index in [0.29, 0.717) is 27.7 Å². The first kappa shape index (κ1) is 17.2. The molecular formula is C19H15FN4O2. The molecule has 0 atom stereocenters. The molecule has 7 heteroatoms. The molecule has 0 radical (unpaired) electrons. The molecule has 0 unspecified atom stereocenters. The molecule has 3 aromatic rings. The number of aldehydes is 1. The fraction of sp³-hybridized carbons (Fsp3) is 0.0526. The smallest absolute Gasteiger partial charge is 0.258 e. The molecule has 0 aliphatic heterocycles. The minimum absolute atomic E-state index is 0.147. The third kappa shape index (κ3) is 3.41. The van der Waals surface area contributed by atoms with Crippen LogP contribution in [0.25, 0.3) is 10.9 Å². The lowest BCUT2D eigenvalue weighted by Crippen LogP contribution is -2.20. The quantitative estimate of drug-likeness (QED) is 0.327. The van der Waals surface area contributed by atoms with Gasteiger partial charge in [-0.05, 0) is 55.0 Å². The lowest BCUT2D eigenvalue weighted by Gasteiger charge is -2.05. The normalized spacial score (nSPS) is 12.0. The van der Waals surface area contributed by atoms with E-state index < -0.39 is 5.56 Å². The van der Waals surface area contributed by atoms with Crippen molar-refractivity contribution in [1.29, 1.82) is 0 Å². The number of halogens is 1. The number of H-pyrrole nitrogens is 1. The van der Waals surface area contributed by atoms with Crippen molar-refractivity contribution in [3.8, 4) is 0 Å². The first-order valence-corrected chi connectivity index (χ1v) is 7.72. The summed E-state index contributed by atoms with van der Waals surface area (Å²) in [6, 6.07) is 11.0. The maximum atomic E-state index is 13.8. The lowest BCUT2D eigenvalue weighted by atomic mass is 10.1. The number of hydrazone groups is 1. The van der Waals surface area contributed by atoms with Crippen molar-refractivity contribution in [2.45, 2.75) is 6.92 Å². The van der Waals surface area contributed by atoms with Crippen molar-refractivity contribution in [2.24, 2.45) is 15.9 Å². The summed E-state index contributed by atoms with van der Waals surface area (Å²) in [5.41, 5.74) is 1.97. The summed E-state index contributed by atoms with van der Waals surface area (Å²) in [4.78, 5) is 29.9. The van der Waals surface area contributed by atoms with E-state index in [1.165, 1.54) is 18.3 Å². The van der Waals surface area contributed by atoms with Crippen LogP contribution >= 0.6 is 0 Å². The van der Waals surface area contributed by atoms with Crippen LogP contribution in [0, 0.1) is 12.7 Å². The maximum absolute atomic E-state index is 13.8. The molecule has 6 nitrogen and oxygen atoms in total. The predicted octanol–water partition coefficient (Wildman–Crippen LogP) is 2.85. The Hall–Kier alpha value is -3.61. The Morgan fingerprint density at radius 3 is 2.58 bits per heavy atom. The first-order valence-electron chi connectivity index (χ1n) is 7.72. The van der Waals surface area contributed by atoms with Crippen molar-refractivity contribution < 1.29 is 9.18 Å². The summed E-state index contributed by atoms with van der Waals surface area (Å²) >= 11 is 0. The maximum Gasteiger partial charge on any atom is 0.258 e. The first-order chi connectivity index (χ1) is 12.5. The Kier molecular flexibility index (Phi) is 4.70. The number of nitrogens with two attached hydrogens (primary N) is 1. The van der Waals surface area contributed by atoms with Crippen LogP contribution in [0.15, 0.2) is 57.4 Å². The van der Waals surface area contributed by atoms with Crippen LogP contribution in [-0.4, -0.2) is 23.2 Å². The zero-order chi connectivity index (χ0) is 18.7.